The Balaban J connectivity index is 0.00000121. The van der Waals surface area contributed by atoms with Crippen LogP contribution in [0, 0.1) is 0 Å². The summed E-state index contributed by atoms with van der Waals surface area (Å²) in [5, 5.41) is 0. The van der Waals surface area contributed by atoms with Gasteiger partial charge in [-0.2, -0.15) is 0 Å². The van der Waals surface area contributed by atoms with Crippen molar-refractivity contribution in [3.05, 3.63) is 35.9 Å². The summed E-state index contributed by atoms with van der Waals surface area (Å²) in [7, 11) is -4.13. The molecule has 1 radical (unpaired) electrons. The zero-order valence-corrected chi connectivity index (χ0v) is 8.00. The van der Waals surface area contributed by atoms with Crippen molar-refractivity contribution in [2.24, 2.45) is 0 Å². The second-order valence-electron chi connectivity index (χ2n) is 2.19. The molecule has 0 heterocycles. The summed E-state index contributed by atoms with van der Waals surface area (Å²) in [5.74, 6) is -0.423. The van der Waals surface area contributed by atoms with Crippen LogP contribution in [0.25, 0.3) is 0 Å². The molecule has 0 saturated carbocycles. The van der Waals surface area contributed by atoms with Crippen LogP contribution in [0.2, 0.25) is 0 Å². The molecule has 0 spiro atoms. The SMILES string of the molecule is O=S(=O)([O-])Cc1ccccc1.[Fe+3]. The average molecular weight is 227 g/mol. The Morgan fingerprint density at radius 1 is 1.17 bits per heavy atom. The summed E-state index contributed by atoms with van der Waals surface area (Å²) < 4.78 is 30.7. The van der Waals surface area contributed by atoms with Crippen molar-refractivity contribution in [3.63, 3.8) is 0 Å². The topological polar surface area (TPSA) is 57.2 Å². The minimum atomic E-state index is -4.13. The van der Waals surface area contributed by atoms with E-state index in [0.29, 0.717) is 5.56 Å². The standard InChI is InChI=1S/C7H8O3S.Fe/c8-11(9,10)6-7-4-2-1-3-5-7;/h1-5H,6H2,(H,8,9,10);/q;+3/p-1. The Kier molecular flexibility index (Phi) is 4.49. The molecular formula is C7H7FeO3S+2. The first-order chi connectivity index (χ1) is 5.08. The third kappa shape index (κ3) is 4.51. The molecule has 0 fully saturated rings. The Morgan fingerprint density at radius 2 is 1.67 bits per heavy atom. The van der Waals surface area contributed by atoms with Crippen LogP contribution in [0.15, 0.2) is 30.3 Å². The third-order valence-corrected chi connectivity index (χ3v) is 1.87. The summed E-state index contributed by atoms with van der Waals surface area (Å²) in [6, 6.07) is 8.37. The van der Waals surface area contributed by atoms with E-state index in [0.717, 1.165) is 0 Å². The Labute approximate surface area is 82.0 Å². The van der Waals surface area contributed by atoms with E-state index in [1.54, 1.807) is 30.3 Å². The van der Waals surface area contributed by atoms with E-state index < -0.39 is 15.9 Å². The molecule has 0 aromatic heterocycles. The molecule has 0 atom stereocenters. The second kappa shape index (κ2) is 4.62. The minimum Gasteiger partial charge on any atom is -0.748 e. The van der Waals surface area contributed by atoms with Crippen LogP contribution in [-0.2, 0) is 32.9 Å². The van der Waals surface area contributed by atoms with E-state index in [1.165, 1.54) is 0 Å². The molecule has 0 unspecified atom stereocenters. The van der Waals surface area contributed by atoms with Crippen LogP contribution in [-0.4, -0.2) is 13.0 Å². The van der Waals surface area contributed by atoms with Crippen molar-refractivity contribution in [2.45, 2.75) is 5.75 Å². The van der Waals surface area contributed by atoms with Crippen molar-refractivity contribution >= 4 is 10.1 Å². The number of hydrogen-bond acceptors (Lipinski definition) is 3. The zero-order chi connectivity index (χ0) is 8.32. The second-order valence-corrected chi connectivity index (χ2v) is 3.59. The van der Waals surface area contributed by atoms with Crippen LogP contribution in [0.3, 0.4) is 0 Å². The molecule has 0 bridgehead atoms. The molecule has 1 aromatic rings. The zero-order valence-electron chi connectivity index (χ0n) is 6.08. The minimum absolute atomic E-state index is 0. The van der Waals surface area contributed by atoms with Crippen LogP contribution in [0.5, 0.6) is 0 Å². The maximum atomic E-state index is 10.2. The summed E-state index contributed by atoms with van der Waals surface area (Å²) in [6.45, 7) is 0. The number of rotatable bonds is 2. The summed E-state index contributed by atoms with van der Waals surface area (Å²) >= 11 is 0. The van der Waals surface area contributed by atoms with Crippen molar-refractivity contribution in [1.82, 2.24) is 0 Å². The molecule has 65 valence electrons. The predicted octanol–water partition coefficient (Wildman–Crippen LogP) is 0.729. The van der Waals surface area contributed by atoms with Gasteiger partial charge in [-0.15, -0.1) is 0 Å². The van der Waals surface area contributed by atoms with Gasteiger partial charge in [0.15, 0.2) is 0 Å². The summed E-state index contributed by atoms with van der Waals surface area (Å²) in [4.78, 5) is 0. The van der Waals surface area contributed by atoms with Crippen LogP contribution in [0.1, 0.15) is 5.56 Å². The van der Waals surface area contributed by atoms with Crippen molar-refractivity contribution in [2.75, 3.05) is 0 Å². The Morgan fingerprint density at radius 3 is 2.08 bits per heavy atom. The van der Waals surface area contributed by atoms with Gasteiger partial charge in [-0.25, -0.2) is 8.42 Å². The first-order valence-corrected chi connectivity index (χ1v) is 4.63. The normalized spacial score (nSPS) is 10.4. The fourth-order valence-electron chi connectivity index (χ4n) is 0.778. The van der Waals surface area contributed by atoms with E-state index in [2.05, 4.69) is 0 Å². The molecule has 0 saturated heterocycles. The molecule has 1 rings (SSSR count). The van der Waals surface area contributed by atoms with Gasteiger partial charge in [-0.05, 0) is 5.56 Å². The smallest absolute Gasteiger partial charge is 0.748 e. The fraction of sp³-hybridized carbons (Fsp3) is 0.143. The van der Waals surface area contributed by atoms with E-state index in [9.17, 15) is 13.0 Å². The molecule has 1 aromatic carbocycles. The van der Waals surface area contributed by atoms with E-state index in [4.69, 9.17) is 0 Å². The van der Waals surface area contributed by atoms with E-state index in [1.807, 2.05) is 0 Å². The fourth-order valence-corrected chi connectivity index (χ4v) is 1.38. The maximum Gasteiger partial charge on any atom is 3.00 e. The van der Waals surface area contributed by atoms with E-state index >= 15 is 0 Å². The quantitative estimate of drug-likeness (QED) is 0.552. The van der Waals surface area contributed by atoms with Gasteiger partial charge in [0, 0.05) is 0 Å². The van der Waals surface area contributed by atoms with E-state index in [-0.39, 0.29) is 17.1 Å². The van der Waals surface area contributed by atoms with Gasteiger partial charge in [-0.1, -0.05) is 30.3 Å². The van der Waals surface area contributed by atoms with Crippen LogP contribution < -0.4 is 0 Å². The molecule has 0 aliphatic heterocycles. The monoisotopic (exact) mass is 227 g/mol. The van der Waals surface area contributed by atoms with Gasteiger partial charge in [0.1, 0.15) is 0 Å². The Hall–Kier alpha value is -0.351. The molecule has 3 nitrogen and oxygen atoms in total. The third-order valence-electron chi connectivity index (χ3n) is 1.19. The molecular weight excluding hydrogens is 220 g/mol. The maximum absolute atomic E-state index is 10.2. The van der Waals surface area contributed by atoms with Crippen LogP contribution in [0.4, 0.5) is 0 Å². The average Bonchev–Trinajstić information content (AvgIpc) is 1.85. The van der Waals surface area contributed by atoms with Crippen molar-refractivity contribution in [3.8, 4) is 0 Å². The van der Waals surface area contributed by atoms with Crippen molar-refractivity contribution < 1.29 is 30.0 Å². The molecule has 0 N–H and O–H groups in total. The number of hydrogen-bond donors (Lipinski definition) is 0. The van der Waals surface area contributed by atoms with Crippen LogP contribution >= 0.6 is 0 Å². The first-order valence-electron chi connectivity index (χ1n) is 3.05. The first kappa shape index (κ1) is 11.6. The van der Waals surface area contributed by atoms with Gasteiger partial charge in [0.05, 0.1) is 15.9 Å². The molecule has 12 heavy (non-hydrogen) atoms. The predicted molar refractivity (Wildman–Crippen MR) is 39.8 cm³/mol. The summed E-state index contributed by atoms with van der Waals surface area (Å²) in [6.07, 6.45) is 0. The van der Waals surface area contributed by atoms with Gasteiger partial charge in [0.2, 0.25) is 0 Å². The van der Waals surface area contributed by atoms with Gasteiger partial charge in [-0.3, -0.25) is 0 Å². The number of benzene rings is 1. The molecule has 0 aliphatic rings. The molecule has 5 heteroatoms. The molecule has 0 amide bonds. The van der Waals surface area contributed by atoms with Crippen molar-refractivity contribution in [1.29, 1.82) is 0 Å². The van der Waals surface area contributed by atoms with Gasteiger partial charge in [0.25, 0.3) is 0 Å². The van der Waals surface area contributed by atoms with Gasteiger partial charge < -0.3 is 4.55 Å². The summed E-state index contributed by atoms with van der Waals surface area (Å²) in [5.41, 5.74) is 0.530. The van der Waals surface area contributed by atoms with Gasteiger partial charge >= 0.3 is 17.1 Å². The molecule has 0 aliphatic carbocycles. The Bertz CT molecular complexity index is 320. The largest absolute Gasteiger partial charge is 3.00 e.